The third-order valence-electron chi connectivity index (χ3n) is 9.45. The Hall–Kier alpha value is -5.85. The van der Waals surface area contributed by atoms with Crippen LogP contribution in [0.1, 0.15) is 43.2 Å². The summed E-state index contributed by atoms with van der Waals surface area (Å²) in [5.74, 6) is 0. The number of fused-ring (bicyclic) bond motifs is 3. The minimum Gasteiger partial charge on any atom is -0.485 e. The van der Waals surface area contributed by atoms with Gasteiger partial charge in [-0.1, -0.05) is 128 Å². The molecule has 0 aliphatic carbocycles. The second-order valence-corrected chi connectivity index (χ2v) is 19.5. The van der Waals surface area contributed by atoms with E-state index >= 15 is 0 Å². The number of furan rings is 1. The number of aromatic nitrogens is 4. The van der Waals surface area contributed by atoms with E-state index in [1.807, 2.05) is 91.1 Å². The van der Waals surface area contributed by atoms with Crippen LogP contribution in [0.3, 0.4) is 0 Å². The minimum atomic E-state index is -2.82. The van der Waals surface area contributed by atoms with Crippen molar-refractivity contribution in [3.63, 3.8) is 0 Å². The van der Waals surface area contributed by atoms with Crippen LogP contribution in [0.25, 0.3) is 67.0 Å². The van der Waals surface area contributed by atoms with Crippen LogP contribution in [0, 0.1) is 32.7 Å². The van der Waals surface area contributed by atoms with E-state index in [9.17, 15) is 0 Å². The summed E-state index contributed by atoms with van der Waals surface area (Å²) in [5.41, 5.74) is 6.17. The Morgan fingerprint density at radius 1 is 0.672 bits per heavy atom. The van der Waals surface area contributed by atoms with Gasteiger partial charge in [-0.15, -0.1) is 59.2 Å². The number of hydrogen-bond donors (Lipinski definition) is 0. The van der Waals surface area contributed by atoms with Crippen LogP contribution in [0.15, 0.2) is 150 Å². The van der Waals surface area contributed by atoms with Crippen molar-refractivity contribution in [3.05, 3.63) is 186 Å². The van der Waals surface area contributed by atoms with Gasteiger partial charge in [0.25, 0.3) is 0 Å². The first kappa shape index (κ1) is 28.5. The SMILES string of the molecule is [2H]C([2H])([2H])c1cc(-c2[c-]cc3oc4nc(C([2H])([2H])[2H])c(C([2H])([2H])[2H])nc4c3c2)ncc1-c1ccccc1.[2H]C([2H])(c1ccccc1)c1cc(-c2[c-]ccc(-c3ccccc3)c2)ncc1[Si](C)(C)C.[Ir]. The van der Waals surface area contributed by atoms with E-state index in [1.54, 1.807) is 18.2 Å². The number of aryl methyl sites for hydroxylation is 3. The molecule has 5 aromatic carbocycles. The van der Waals surface area contributed by atoms with Gasteiger partial charge in [0, 0.05) is 53.1 Å². The molecule has 4 heterocycles. The molecule has 7 heteroatoms. The van der Waals surface area contributed by atoms with Gasteiger partial charge in [0.1, 0.15) is 5.52 Å². The Bertz CT molecular complexity index is 3270. The summed E-state index contributed by atoms with van der Waals surface area (Å²) in [6.45, 7) is -1.34. The number of pyridine rings is 2. The molecule has 0 saturated carbocycles. The molecule has 0 aliphatic heterocycles. The van der Waals surface area contributed by atoms with E-state index in [1.165, 1.54) is 18.3 Å². The molecule has 5 nitrogen and oxygen atoms in total. The predicted molar refractivity (Wildman–Crippen MR) is 237 cm³/mol. The number of rotatable bonds is 7. The normalized spacial score (nSPS) is 14.9. The van der Waals surface area contributed by atoms with Crippen LogP contribution < -0.4 is 5.19 Å². The molecule has 0 bridgehead atoms. The van der Waals surface area contributed by atoms with Crippen LogP contribution >= 0.6 is 0 Å². The molecule has 0 N–H and O–H groups in total. The smallest absolute Gasteiger partial charge is 0.235 e. The van der Waals surface area contributed by atoms with Gasteiger partial charge >= 0.3 is 0 Å². The summed E-state index contributed by atoms with van der Waals surface area (Å²) in [7, 11) is -1.82. The quantitative estimate of drug-likeness (QED) is 0.118. The van der Waals surface area contributed by atoms with Crippen LogP contribution in [-0.4, -0.2) is 28.0 Å². The van der Waals surface area contributed by atoms with Gasteiger partial charge in [-0.25, -0.2) is 9.97 Å². The molecule has 0 aliphatic rings. The summed E-state index contributed by atoms with van der Waals surface area (Å²) < 4.78 is 94.2. The van der Waals surface area contributed by atoms with Gasteiger partial charge in [0.15, 0.2) is 0 Å². The predicted octanol–water partition coefficient (Wildman–Crippen LogP) is 12.2. The molecule has 9 aromatic rings. The van der Waals surface area contributed by atoms with Crippen LogP contribution in [0.4, 0.5) is 0 Å². The summed E-state index contributed by atoms with van der Waals surface area (Å²) in [4.78, 5) is 17.3. The maximum Gasteiger partial charge on any atom is 0.235 e. The summed E-state index contributed by atoms with van der Waals surface area (Å²) in [6.07, 6.45) is 1.78. The molecule has 0 spiro atoms. The molecule has 0 atom stereocenters. The van der Waals surface area contributed by atoms with E-state index in [4.69, 9.17) is 24.5 Å². The van der Waals surface area contributed by atoms with Gasteiger partial charge in [-0.3, -0.25) is 0 Å². The first-order valence-corrected chi connectivity index (χ1v) is 21.9. The average molecular weight is 960 g/mol. The topological polar surface area (TPSA) is 64.7 Å². The molecule has 0 amide bonds. The molecule has 4 aromatic heterocycles. The Balaban J connectivity index is 0.000000204. The van der Waals surface area contributed by atoms with Crippen LogP contribution in [0.5, 0.6) is 0 Å². The fourth-order valence-electron chi connectivity index (χ4n) is 6.52. The molecule has 0 unspecified atom stereocenters. The second-order valence-electron chi connectivity index (χ2n) is 14.5. The Morgan fingerprint density at radius 2 is 1.33 bits per heavy atom. The van der Waals surface area contributed by atoms with E-state index in [-0.39, 0.29) is 42.5 Å². The van der Waals surface area contributed by atoms with Crippen molar-refractivity contribution in [2.45, 2.75) is 46.6 Å². The van der Waals surface area contributed by atoms with E-state index in [0.29, 0.717) is 38.9 Å². The van der Waals surface area contributed by atoms with Crippen molar-refractivity contribution in [2.75, 3.05) is 0 Å². The third kappa shape index (κ3) is 8.83. The van der Waals surface area contributed by atoms with Crippen LogP contribution in [-0.2, 0) is 26.5 Å². The van der Waals surface area contributed by atoms with Gasteiger partial charge in [0.05, 0.1) is 25.0 Å². The van der Waals surface area contributed by atoms with Crippen molar-refractivity contribution >= 4 is 35.5 Å². The van der Waals surface area contributed by atoms with E-state index < -0.39 is 46.4 Å². The summed E-state index contributed by atoms with van der Waals surface area (Å²) in [6, 6.07) is 47.5. The number of nitrogens with zero attached hydrogens (tertiary/aromatic N) is 4. The maximum absolute atomic E-state index is 9.02. The largest absolute Gasteiger partial charge is 0.485 e. The minimum absolute atomic E-state index is 0. The first-order valence-electron chi connectivity index (χ1n) is 23.9. The first-order chi connectivity index (χ1) is 32.0. The fourth-order valence-corrected chi connectivity index (χ4v) is 7.92. The van der Waals surface area contributed by atoms with E-state index in [0.717, 1.165) is 27.6 Å². The van der Waals surface area contributed by atoms with Crippen molar-refractivity contribution in [3.8, 4) is 44.8 Å². The van der Waals surface area contributed by atoms with Crippen molar-refractivity contribution in [1.82, 2.24) is 19.9 Å². The Morgan fingerprint density at radius 3 is 2.03 bits per heavy atom. The number of hydrogen-bond acceptors (Lipinski definition) is 5. The van der Waals surface area contributed by atoms with Crippen molar-refractivity contribution < 1.29 is 39.6 Å². The summed E-state index contributed by atoms with van der Waals surface area (Å²) >= 11 is 0. The van der Waals surface area contributed by atoms with Gasteiger partial charge < -0.3 is 14.4 Å². The van der Waals surface area contributed by atoms with Crippen LogP contribution in [0.2, 0.25) is 19.6 Å². The standard InChI is InChI=1S/C27H26NSi.C24H18N3O.Ir/c1-29(2,3)27-20-28-26(19-25(27)17-21-11-6-4-7-12-21)24-16-10-15-23(18-24)22-13-8-5-9-14-22;1-14-11-21(25-13-20(14)17-7-5-4-6-8-17)18-9-10-22-19(12-18)23-24(28-22)27-16(3)15(2)26-23;/h4-15,18-20H,17H2,1-3H3;4-8,10-13H,1-3H3;/q2*-1;/i17D2;1D3,2D3,3D3;. The molecular weight excluding hydrogens is 905 g/mol. The number of benzene rings is 5. The molecular formula is C51H44IrN4OSi-2. The Kier molecular flexibility index (Phi) is 8.53. The van der Waals surface area contributed by atoms with Gasteiger partial charge in [0.2, 0.25) is 5.71 Å². The fraction of sp³-hybridized carbons (Fsp3) is 0.137. The zero-order valence-corrected chi connectivity index (χ0v) is 35.3. The second kappa shape index (κ2) is 17.3. The molecule has 0 saturated heterocycles. The zero-order chi connectivity index (χ0) is 48.8. The average Bonchev–Trinajstić information content (AvgIpc) is 3.68. The monoisotopic (exact) mass is 960 g/mol. The molecule has 0 fully saturated rings. The molecule has 58 heavy (non-hydrogen) atoms. The molecule has 1 radical (unpaired) electrons. The van der Waals surface area contributed by atoms with Crippen molar-refractivity contribution in [1.29, 1.82) is 0 Å². The maximum atomic E-state index is 9.02. The van der Waals surface area contributed by atoms with Gasteiger partial charge in [-0.05, 0) is 71.1 Å². The van der Waals surface area contributed by atoms with E-state index in [2.05, 4.69) is 64.9 Å². The Labute approximate surface area is 371 Å². The third-order valence-corrected chi connectivity index (χ3v) is 11.5. The van der Waals surface area contributed by atoms with Gasteiger partial charge in [-0.2, -0.15) is 0 Å². The zero-order valence-electron chi connectivity index (χ0n) is 42.9. The molecule has 289 valence electrons. The summed E-state index contributed by atoms with van der Waals surface area (Å²) in [5, 5.41) is 1.41. The van der Waals surface area contributed by atoms with Crippen molar-refractivity contribution in [2.24, 2.45) is 0 Å². The molecule has 9 rings (SSSR count).